The number of aryl methyl sites for hydroxylation is 1. The van der Waals surface area contributed by atoms with E-state index in [1.807, 2.05) is 6.92 Å². The summed E-state index contributed by atoms with van der Waals surface area (Å²) >= 11 is 4.46. The number of carbonyl (C=O) groups is 1. The lowest BCUT2D eigenvalue weighted by atomic mass is 10.4. The number of amides is 1. The van der Waals surface area contributed by atoms with Crippen LogP contribution in [-0.4, -0.2) is 26.9 Å². The molecular formula is C11H15BrN2O3S2. The molecule has 1 aromatic rings. The van der Waals surface area contributed by atoms with Gasteiger partial charge < -0.3 is 5.32 Å². The molecule has 1 aromatic heterocycles. The fraction of sp³-hybridized carbons (Fsp3) is 0.545. The van der Waals surface area contributed by atoms with E-state index in [2.05, 4.69) is 26.0 Å². The maximum absolute atomic E-state index is 12.0. The molecule has 0 aromatic carbocycles. The molecule has 1 amide bonds. The molecule has 0 atom stereocenters. The standard InChI is InChI=1S/C11H15BrN2O3S2/c1-7-6-10(18-11(7)12)19(16,17)13-5-4-9(15)14-8-2-3-8/h6,8,13H,2-5H2,1H3,(H,14,15). The maximum atomic E-state index is 12.0. The van der Waals surface area contributed by atoms with Crippen LogP contribution in [0.3, 0.4) is 0 Å². The van der Waals surface area contributed by atoms with Gasteiger partial charge in [0.25, 0.3) is 0 Å². The number of halogens is 1. The van der Waals surface area contributed by atoms with Crippen LogP contribution in [0.25, 0.3) is 0 Å². The molecule has 106 valence electrons. The summed E-state index contributed by atoms with van der Waals surface area (Å²) in [5.41, 5.74) is 0.886. The average Bonchev–Trinajstić information content (AvgIpc) is 3.04. The second-order valence-electron chi connectivity index (χ2n) is 4.51. The normalized spacial score (nSPS) is 15.5. The van der Waals surface area contributed by atoms with Gasteiger partial charge in [-0.25, -0.2) is 13.1 Å². The van der Waals surface area contributed by atoms with Crippen LogP contribution in [0.2, 0.25) is 0 Å². The Morgan fingerprint density at radius 2 is 2.21 bits per heavy atom. The van der Waals surface area contributed by atoms with Crippen LogP contribution in [-0.2, 0) is 14.8 Å². The summed E-state index contributed by atoms with van der Waals surface area (Å²) in [6.45, 7) is 1.96. The summed E-state index contributed by atoms with van der Waals surface area (Å²) in [5.74, 6) is -0.103. The molecule has 19 heavy (non-hydrogen) atoms. The van der Waals surface area contributed by atoms with E-state index in [-0.39, 0.29) is 23.1 Å². The van der Waals surface area contributed by atoms with E-state index in [1.54, 1.807) is 6.07 Å². The first-order valence-corrected chi connectivity index (χ1v) is 9.03. The zero-order chi connectivity index (χ0) is 14.0. The molecule has 2 rings (SSSR count). The van der Waals surface area contributed by atoms with Crippen molar-refractivity contribution >= 4 is 43.2 Å². The predicted molar refractivity (Wildman–Crippen MR) is 77.7 cm³/mol. The van der Waals surface area contributed by atoms with Crippen molar-refractivity contribution in [2.24, 2.45) is 0 Å². The highest BCUT2D eigenvalue weighted by Crippen LogP contribution is 2.30. The summed E-state index contributed by atoms with van der Waals surface area (Å²) in [7, 11) is -3.51. The van der Waals surface area contributed by atoms with Crippen LogP contribution in [0.5, 0.6) is 0 Å². The van der Waals surface area contributed by atoms with Crippen molar-refractivity contribution < 1.29 is 13.2 Å². The summed E-state index contributed by atoms with van der Waals surface area (Å²) in [6.07, 6.45) is 2.22. The first-order chi connectivity index (χ1) is 8.88. The van der Waals surface area contributed by atoms with Crippen LogP contribution >= 0.6 is 27.3 Å². The molecule has 1 saturated carbocycles. The summed E-state index contributed by atoms with van der Waals surface area (Å²) in [4.78, 5) is 11.4. The second kappa shape index (κ2) is 5.90. The molecule has 0 bridgehead atoms. The van der Waals surface area contributed by atoms with Crippen LogP contribution < -0.4 is 10.0 Å². The van der Waals surface area contributed by atoms with Gasteiger partial charge in [0.15, 0.2) is 0 Å². The van der Waals surface area contributed by atoms with Gasteiger partial charge in [-0.1, -0.05) is 0 Å². The van der Waals surface area contributed by atoms with Crippen molar-refractivity contribution in [3.05, 3.63) is 15.4 Å². The third-order valence-corrected chi connectivity index (χ3v) is 6.76. The summed E-state index contributed by atoms with van der Waals surface area (Å²) < 4.78 is 27.4. The highest BCUT2D eigenvalue weighted by atomic mass is 79.9. The van der Waals surface area contributed by atoms with Gasteiger partial charge in [0.05, 0.1) is 3.79 Å². The van der Waals surface area contributed by atoms with E-state index in [4.69, 9.17) is 0 Å². The number of thiophene rings is 1. The number of rotatable bonds is 6. The molecule has 1 fully saturated rings. The molecule has 0 unspecified atom stereocenters. The van der Waals surface area contributed by atoms with E-state index in [0.29, 0.717) is 6.04 Å². The van der Waals surface area contributed by atoms with Gasteiger partial charge in [-0.15, -0.1) is 11.3 Å². The Bertz CT molecular complexity index is 559. The maximum Gasteiger partial charge on any atom is 0.250 e. The van der Waals surface area contributed by atoms with Crippen molar-refractivity contribution in [2.45, 2.75) is 36.4 Å². The van der Waals surface area contributed by atoms with Crippen LogP contribution in [0.15, 0.2) is 14.1 Å². The smallest absolute Gasteiger partial charge is 0.250 e. The number of hydrogen-bond donors (Lipinski definition) is 2. The minimum Gasteiger partial charge on any atom is -0.353 e. The SMILES string of the molecule is Cc1cc(S(=O)(=O)NCCC(=O)NC2CC2)sc1Br. The van der Waals surface area contributed by atoms with Crippen LogP contribution in [0, 0.1) is 6.92 Å². The molecule has 1 heterocycles. The highest BCUT2D eigenvalue weighted by molar-refractivity contribution is 9.11. The Morgan fingerprint density at radius 1 is 1.53 bits per heavy atom. The Hall–Kier alpha value is -0.440. The van der Waals surface area contributed by atoms with E-state index >= 15 is 0 Å². The second-order valence-corrected chi connectivity index (χ2v) is 8.88. The first kappa shape index (κ1) is 15.0. The summed E-state index contributed by atoms with van der Waals surface area (Å²) in [5, 5.41) is 2.81. The van der Waals surface area contributed by atoms with Gasteiger partial charge >= 0.3 is 0 Å². The average molecular weight is 367 g/mol. The quantitative estimate of drug-likeness (QED) is 0.805. The molecule has 8 heteroatoms. The third kappa shape index (κ3) is 4.27. The van der Waals surface area contributed by atoms with E-state index in [1.165, 1.54) is 11.3 Å². The zero-order valence-corrected chi connectivity index (χ0v) is 13.6. The minimum absolute atomic E-state index is 0.103. The fourth-order valence-corrected chi connectivity index (χ4v) is 4.76. The van der Waals surface area contributed by atoms with Gasteiger partial charge in [-0.2, -0.15) is 0 Å². The number of hydrogen-bond acceptors (Lipinski definition) is 4. The van der Waals surface area contributed by atoms with Crippen molar-refractivity contribution in [3.63, 3.8) is 0 Å². The molecule has 0 aliphatic heterocycles. The third-order valence-electron chi connectivity index (χ3n) is 2.69. The molecular weight excluding hydrogens is 352 g/mol. The van der Waals surface area contributed by atoms with Crippen molar-refractivity contribution in [3.8, 4) is 0 Å². The monoisotopic (exact) mass is 366 g/mol. The van der Waals surface area contributed by atoms with Crippen molar-refractivity contribution in [1.82, 2.24) is 10.0 Å². The molecule has 5 nitrogen and oxygen atoms in total. The van der Waals surface area contributed by atoms with Crippen molar-refractivity contribution in [1.29, 1.82) is 0 Å². The Morgan fingerprint density at radius 3 is 2.74 bits per heavy atom. The number of nitrogens with one attached hydrogen (secondary N) is 2. The minimum atomic E-state index is -3.51. The summed E-state index contributed by atoms with van der Waals surface area (Å²) in [6, 6.07) is 1.92. The highest BCUT2D eigenvalue weighted by Gasteiger charge is 2.23. The molecule has 0 spiro atoms. The van der Waals surface area contributed by atoms with E-state index < -0.39 is 10.0 Å². The van der Waals surface area contributed by atoms with Gasteiger partial charge in [0.2, 0.25) is 15.9 Å². The molecule has 0 saturated heterocycles. The largest absolute Gasteiger partial charge is 0.353 e. The van der Waals surface area contributed by atoms with Gasteiger partial charge in [0, 0.05) is 19.0 Å². The number of carbonyl (C=O) groups excluding carboxylic acids is 1. The Labute approximate surface area is 125 Å². The fourth-order valence-electron chi connectivity index (χ4n) is 1.46. The molecule has 1 aliphatic carbocycles. The molecule has 1 aliphatic rings. The van der Waals surface area contributed by atoms with Gasteiger partial charge in [-0.05, 0) is 47.3 Å². The Balaban J connectivity index is 1.85. The van der Waals surface area contributed by atoms with Crippen LogP contribution in [0.4, 0.5) is 0 Å². The molecule has 0 radical (unpaired) electrons. The van der Waals surface area contributed by atoms with E-state index in [9.17, 15) is 13.2 Å². The topological polar surface area (TPSA) is 75.3 Å². The van der Waals surface area contributed by atoms with Crippen LogP contribution in [0.1, 0.15) is 24.8 Å². The first-order valence-electron chi connectivity index (χ1n) is 5.93. The number of sulfonamides is 1. The van der Waals surface area contributed by atoms with Crippen molar-refractivity contribution in [2.75, 3.05) is 6.54 Å². The lowest BCUT2D eigenvalue weighted by Gasteiger charge is -2.05. The van der Waals surface area contributed by atoms with E-state index in [0.717, 1.165) is 22.2 Å². The lowest BCUT2D eigenvalue weighted by molar-refractivity contribution is -0.121. The Kier molecular flexibility index (Phi) is 4.65. The van der Waals surface area contributed by atoms with Gasteiger partial charge in [-0.3, -0.25) is 4.79 Å². The molecule has 2 N–H and O–H groups in total. The van der Waals surface area contributed by atoms with Gasteiger partial charge in [0.1, 0.15) is 4.21 Å². The predicted octanol–water partition coefficient (Wildman–Crippen LogP) is 1.77. The zero-order valence-electron chi connectivity index (χ0n) is 10.4. The lowest BCUT2D eigenvalue weighted by Crippen LogP contribution is -2.31.